The standard InChI is InChI=1S/C36H40N4O5/c1-38-31-18-24(7-8-26(31)19-34(38)41)23-5-3-6-25(17-23)29-13-14-37-21-30(29)36(43)40(27-9-10-27)28-11-12-33-32(20-28)39(15-4-16-44-2)35(42)22-45-33/h3,5-8,11-12,17-18,20,27,29-30,37H,4,9-10,13-16,19,21-22H2,1-2H3/t29-,30+/m1/s1. The minimum atomic E-state index is -0.231. The largest absolute Gasteiger partial charge is 0.482 e. The van der Waals surface area contributed by atoms with Crippen molar-refractivity contribution in [2.45, 2.75) is 44.1 Å². The van der Waals surface area contributed by atoms with Gasteiger partial charge < -0.3 is 29.5 Å². The summed E-state index contributed by atoms with van der Waals surface area (Å²) >= 11 is 0. The number of amides is 3. The van der Waals surface area contributed by atoms with E-state index in [0.29, 0.717) is 44.0 Å². The number of hydrogen-bond donors (Lipinski definition) is 1. The fraction of sp³-hybridized carbons (Fsp3) is 0.417. The zero-order valence-electron chi connectivity index (χ0n) is 26.0. The Morgan fingerprint density at radius 3 is 2.67 bits per heavy atom. The van der Waals surface area contributed by atoms with Crippen molar-refractivity contribution in [2.24, 2.45) is 5.92 Å². The van der Waals surface area contributed by atoms with E-state index in [-0.39, 0.29) is 42.2 Å². The van der Waals surface area contributed by atoms with Gasteiger partial charge in [0.2, 0.25) is 11.8 Å². The van der Waals surface area contributed by atoms with Crippen LogP contribution in [0.15, 0.2) is 60.7 Å². The quantitative estimate of drug-likeness (QED) is 0.359. The Labute approximate surface area is 264 Å². The Morgan fingerprint density at radius 1 is 1.00 bits per heavy atom. The van der Waals surface area contributed by atoms with Crippen LogP contribution in [0.5, 0.6) is 5.75 Å². The summed E-state index contributed by atoms with van der Waals surface area (Å²) in [7, 11) is 3.49. The SMILES string of the molecule is COCCCN1C(=O)COc2ccc(N(C(=O)[C@H]3CNCC[C@@H]3c3cccc(-c4ccc5c(c4)N(C)C(=O)C5)c3)C3CC3)cc21. The smallest absolute Gasteiger partial charge is 0.265 e. The van der Waals surface area contributed by atoms with Gasteiger partial charge in [-0.1, -0.05) is 36.4 Å². The molecular weight excluding hydrogens is 568 g/mol. The number of methoxy groups -OCH3 is 1. The van der Waals surface area contributed by atoms with Gasteiger partial charge in [0.05, 0.1) is 18.0 Å². The molecular formula is C36H40N4O5. The second-order valence-corrected chi connectivity index (χ2v) is 12.6. The molecule has 0 aromatic heterocycles. The van der Waals surface area contributed by atoms with E-state index in [1.54, 1.807) is 16.9 Å². The van der Waals surface area contributed by atoms with Gasteiger partial charge in [0.25, 0.3) is 5.91 Å². The van der Waals surface area contributed by atoms with Crippen LogP contribution in [0.1, 0.15) is 42.7 Å². The summed E-state index contributed by atoms with van der Waals surface area (Å²) in [6, 6.07) is 20.7. The number of piperidine rings is 1. The predicted molar refractivity (Wildman–Crippen MR) is 174 cm³/mol. The fourth-order valence-corrected chi connectivity index (χ4v) is 7.07. The lowest BCUT2D eigenvalue weighted by Gasteiger charge is -2.36. The van der Waals surface area contributed by atoms with Crippen LogP contribution in [-0.4, -0.2) is 70.8 Å². The highest BCUT2D eigenvalue weighted by Gasteiger charge is 2.41. The van der Waals surface area contributed by atoms with E-state index in [2.05, 4.69) is 47.8 Å². The molecule has 0 spiro atoms. The van der Waals surface area contributed by atoms with Crippen LogP contribution in [0, 0.1) is 5.92 Å². The Bertz CT molecular complexity index is 1640. The number of nitrogens with one attached hydrogen (secondary N) is 1. The molecule has 234 valence electrons. The third-order valence-corrected chi connectivity index (χ3v) is 9.65. The van der Waals surface area contributed by atoms with Gasteiger partial charge >= 0.3 is 0 Å². The molecule has 2 fully saturated rings. The van der Waals surface area contributed by atoms with Crippen molar-refractivity contribution in [3.63, 3.8) is 0 Å². The highest BCUT2D eigenvalue weighted by atomic mass is 16.5. The summed E-state index contributed by atoms with van der Waals surface area (Å²) in [5.74, 6) is 0.640. The summed E-state index contributed by atoms with van der Waals surface area (Å²) in [4.78, 5) is 45.1. The van der Waals surface area contributed by atoms with E-state index in [4.69, 9.17) is 9.47 Å². The first-order valence-corrected chi connectivity index (χ1v) is 16.0. The minimum Gasteiger partial charge on any atom is -0.482 e. The molecule has 9 nitrogen and oxygen atoms in total. The number of fused-ring (bicyclic) bond motifs is 2. The van der Waals surface area contributed by atoms with Crippen molar-refractivity contribution in [2.75, 3.05) is 61.7 Å². The van der Waals surface area contributed by atoms with Crippen LogP contribution in [-0.2, 0) is 25.5 Å². The van der Waals surface area contributed by atoms with Crippen molar-refractivity contribution in [3.8, 4) is 16.9 Å². The molecule has 3 aliphatic heterocycles. The van der Waals surface area contributed by atoms with Crippen LogP contribution < -0.4 is 24.8 Å². The Morgan fingerprint density at radius 2 is 1.84 bits per heavy atom. The molecule has 1 N–H and O–H groups in total. The summed E-state index contributed by atoms with van der Waals surface area (Å²) in [6.07, 6.45) is 3.95. The Hall–Kier alpha value is -4.21. The topological polar surface area (TPSA) is 91.4 Å². The zero-order valence-corrected chi connectivity index (χ0v) is 26.0. The molecule has 0 bridgehead atoms. The first kappa shape index (κ1) is 29.5. The number of hydrogen-bond acceptors (Lipinski definition) is 6. The average molecular weight is 609 g/mol. The number of rotatable bonds is 9. The third kappa shape index (κ3) is 5.71. The number of carbonyl (C=O) groups is 3. The van der Waals surface area contributed by atoms with E-state index < -0.39 is 0 Å². The Balaban J connectivity index is 1.17. The fourth-order valence-electron chi connectivity index (χ4n) is 7.07. The van der Waals surface area contributed by atoms with Gasteiger partial charge in [0.1, 0.15) is 5.75 Å². The normalized spacial score (nSPS) is 20.9. The van der Waals surface area contributed by atoms with E-state index >= 15 is 0 Å². The molecule has 0 unspecified atom stereocenters. The van der Waals surface area contributed by atoms with Crippen LogP contribution in [0.2, 0.25) is 0 Å². The molecule has 2 atom stereocenters. The summed E-state index contributed by atoms with van der Waals surface area (Å²) in [5.41, 5.74) is 6.85. The molecule has 4 aliphatic rings. The number of anilines is 3. The van der Waals surface area contributed by atoms with Crippen LogP contribution in [0.25, 0.3) is 11.1 Å². The molecule has 45 heavy (non-hydrogen) atoms. The first-order valence-electron chi connectivity index (χ1n) is 16.0. The van der Waals surface area contributed by atoms with Gasteiger partial charge in [-0.2, -0.15) is 0 Å². The third-order valence-electron chi connectivity index (χ3n) is 9.65. The molecule has 3 aromatic carbocycles. The number of benzene rings is 3. The molecule has 1 aliphatic carbocycles. The van der Waals surface area contributed by atoms with Crippen molar-refractivity contribution in [1.82, 2.24) is 5.32 Å². The maximum atomic E-state index is 14.6. The van der Waals surface area contributed by atoms with Crippen molar-refractivity contribution < 1.29 is 23.9 Å². The minimum absolute atomic E-state index is 0.0133. The highest BCUT2D eigenvalue weighted by Crippen LogP contribution is 2.42. The molecule has 3 aromatic rings. The molecule has 1 saturated carbocycles. The maximum Gasteiger partial charge on any atom is 0.265 e. The van der Waals surface area contributed by atoms with Gasteiger partial charge in [-0.05, 0) is 84.7 Å². The van der Waals surface area contributed by atoms with E-state index in [1.807, 2.05) is 30.1 Å². The Kier molecular flexibility index (Phi) is 8.06. The molecule has 3 amide bonds. The van der Waals surface area contributed by atoms with Crippen LogP contribution >= 0.6 is 0 Å². The van der Waals surface area contributed by atoms with Crippen molar-refractivity contribution >= 4 is 34.8 Å². The lowest BCUT2D eigenvalue weighted by atomic mass is 9.79. The van der Waals surface area contributed by atoms with Gasteiger partial charge in [-0.3, -0.25) is 14.4 Å². The van der Waals surface area contributed by atoms with Gasteiger partial charge in [-0.15, -0.1) is 0 Å². The lowest BCUT2D eigenvalue weighted by Crippen LogP contribution is -2.47. The molecule has 7 rings (SSSR count). The zero-order chi connectivity index (χ0) is 31.1. The maximum absolute atomic E-state index is 14.6. The predicted octanol–water partition coefficient (Wildman–Crippen LogP) is 4.52. The van der Waals surface area contributed by atoms with Crippen LogP contribution in [0.4, 0.5) is 17.1 Å². The van der Waals surface area contributed by atoms with Gasteiger partial charge in [0, 0.05) is 51.3 Å². The highest BCUT2D eigenvalue weighted by molar-refractivity contribution is 6.02. The van der Waals surface area contributed by atoms with E-state index in [1.165, 1.54) is 0 Å². The van der Waals surface area contributed by atoms with Crippen molar-refractivity contribution in [3.05, 3.63) is 71.8 Å². The molecule has 3 heterocycles. The summed E-state index contributed by atoms with van der Waals surface area (Å²) in [6.45, 7) is 2.57. The van der Waals surface area contributed by atoms with E-state index in [9.17, 15) is 14.4 Å². The van der Waals surface area contributed by atoms with Crippen molar-refractivity contribution in [1.29, 1.82) is 0 Å². The van der Waals surface area contributed by atoms with Gasteiger partial charge in [0.15, 0.2) is 6.61 Å². The molecule has 9 heteroatoms. The number of nitrogens with zero attached hydrogens (tertiary/aromatic N) is 3. The number of carbonyl (C=O) groups excluding carboxylic acids is 3. The second kappa shape index (κ2) is 12.3. The van der Waals surface area contributed by atoms with Crippen LogP contribution in [0.3, 0.4) is 0 Å². The summed E-state index contributed by atoms with van der Waals surface area (Å²) in [5, 5.41) is 3.49. The second-order valence-electron chi connectivity index (χ2n) is 12.6. The number of likely N-dealkylation sites (N-methyl/N-ethyl adjacent to an activating group) is 1. The number of ether oxygens (including phenoxy) is 2. The monoisotopic (exact) mass is 608 g/mol. The molecule has 1 saturated heterocycles. The molecule has 0 radical (unpaired) electrons. The lowest BCUT2D eigenvalue weighted by molar-refractivity contribution is -0.123. The summed E-state index contributed by atoms with van der Waals surface area (Å²) < 4.78 is 11.0. The first-order chi connectivity index (χ1) is 21.9. The van der Waals surface area contributed by atoms with E-state index in [0.717, 1.165) is 59.4 Å². The van der Waals surface area contributed by atoms with Gasteiger partial charge in [-0.25, -0.2) is 0 Å². The average Bonchev–Trinajstić information content (AvgIpc) is 3.86.